The van der Waals surface area contributed by atoms with Crippen molar-refractivity contribution >= 4 is 0 Å². The normalized spacial score (nSPS) is 22.2. The summed E-state index contributed by atoms with van der Waals surface area (Å²) in [5.41, 5.74) is 5.81. The number of benzene rings is 1. The van der Waals surface area contributed by atoms with Gasteiger partial charge in [-0.15, -0.1) is 0 Å². The highest BCUT2D eigenvalue weighted by atomic mass is 19.4. The summed E-state index contributed by atoms with van der Waals surface area (Å²) in [6, 6.07) is 5.24. The molecule has 21 heavy (non-hydrogen) atoms. The van der Waals surface area contributed by atoms with Crippen LogP contribution in [-0.2, 0) is 10.9 Å². The van der Waals surface area contributed by atoms with Crippen molar-refractivity contribution in [1.29, 1.82) is 0 Å². The molecule has 2 atom stereocenters. The highest BCUT2D eigenvalue weighted by Crippen LogP contribution is 2.32. The van der Waals surface area contributed by atoms with Crippen LogP contribution in [0, 0.1) is 0 Å². The molecule has 3 nitrogen and oxygen atoms in total. The maximum absolute atomic E-state index is 12.8. The lowest BCUT2D eigenvalue weighted by molar-refractivity contribution is -0.137. The van der Waals surface area contributed by atoms with Gasteiger partial charge in [-0.1, -0.05) is 12.1 Å². The summed E-state index contributed by atoms with van der Waals surface area (Å²) in [5.74, 6) is 0. The molecule has 6 heteroatoms. The Balaban J connectivity index is 2.21. The molecule has 118 valence electrons. The van der Waals surface area contributed by atoms with Gasteiger partial charge in [0.2, 0.25) is 0 Å². The van der Waals surface area contributed by atoms with Crippen LogP contribution in [0.1, 0.15) is 30.0 Å². The Morgan fingerprint density at radius 3 is 2.81 bits per heavy atom. The van der Waals surface area contributed by atoms with E-state index in [2.05, 4.69) is 4.90 Å². The van der Waals surface area contributed by atoms with Gasteiger partial charge in [0.1, 0.15) is 0 Å². The van der Waals surface area contributed by atoms with Crippen molar-refractivity contribution in [3.05, 3.63) is 35.4 Å². The molecule has 1 aromatic carbocycles. The van der Waals surface area contributed by atoms with Crippen LogP contribution in [0.25, 0.3) is 0 Å². The van der Waals surface area contributed by atoms with Crippen LogP contribution >= 0.6 is 0 Å². The quantitative estimate of drug-likeness (QED) is 0.929. The molecule has 1 saturated heterocycles. The standard InChI is InChI=1S/C15H21F3N2O/c1-21-13-6-3-7-20(10-13)14(9-19)11-4-2-5-12(8-11)15(16,17)18/h2,4-5,8,13-14H,3,6-7,9-10,19H2,1H3. The highest BCUT2D eigenvalue weighted by Gasteiger charge is 2.32. The average molecular weight is 302 g/mol. The van der Waals surface area contributed by atoms with E-state index in [1.807, 2.05) is 0 Å². The summed E-state index contributed by atoms with van der Waals surface area (Å²) in [6.45, 7) is 1.82. The van der Waals surface area contributed by atoms with Crippen molar-refractivity contribution in [2.75, 3.05) is 26.7 Å². The zero-order valence-electron chi connectivity index (χ0n) is 12.1. The molecule has 0 radical (unpaired) electrons. The van der Waals surface area contributed by atoms with Crippen LogP contribution in [0.2, 0.25) is 0 Å². The van der Waals surface area contributed by atoms with Crippen LogP contribution < -0.4 is 5.73 Å². The molecule has 0 amide bonds. The van der Waals surface area contributed by atoms with Crippen molar-refractivity contribution in [3.8, 4) is 0 Å². The summed E-state index contributed by atoms with van der Waals surface area (Å²) < 4.78 is 43.9. The molecule has 0 saturated carbocycles. The molecule has 2 N–H and O–H groups in total. The monoisotopic (exact) mass is 302 g/mol. The van der Waals surface area contributed by atoms with Gasteiger partial charge in [0.25, 0.3) is 0 Å². The number of nitrogens with two attached hydrogens (primary N) is 1. The third-order valence-electron chi connectivity index (χ3n) is 4.01. The second kappa shape index (κ2) is 6.77. The topological polar surface area (TPSA) is 38.5 Å². The minimum Gasteiger partial charge on any atom is -0.380 e. The second-order valence-corrected chi connectivity index (χ2v) is 5.37. The van der Waals surface area contributed by atoms with Gasteiger partial charge in [0.15, 0.2) is 0 Å². The van der Waals surface area contributed by atoms with E-state index in [0.29, 0.717) is 12.1 Å². The molecular formula is C15H21F3N2O. The molecule has 1 fully saturated rings. The van der Waals surface area contributed by atoms with E-state index in [0.717, 1.165) is 25.5 Å². The van der Waals surface area contributed by atoms with E-state index in [1.165, 1.54) is 12.1 Å². The fourth-order valence-electron chi connectivity index (χ4n) is 2.86. The van der Waals surface area contributed by atoms with Gasteiger partial charge < -0.3 is 10.5 Å². The summed E-state index contributed by atoms with van der Waals surface area (Å²) >= 11 is 0. The molecule has 1 heterocycles. The lowest BCUT2D eigenvalue weighted by atomic mass is 9.99. The predicted molar refractivity (Wildman–Crippen MR) is 74.8 cm³/mol. The van der Waals surface area contributed by atoms with E-state index in [9.17, 15) is 13.2 Å². The lowest BCUT2D eigenvalue weighted by Gasteiger charge is -2.37. The van der Waals surface area contributed by atoms with Crippen LogP contribution in [0.15, 0.2) is 24.3 Å². The summed E-state index contributed by atoms with van der Waals surface area (Å²) in [5, 5.41) is 0. The molecule has 1 aromatic rings. The van der Waals surface area contributed by atoms with E-state index >= 15 is 0 Å². The van der Waals surface area contributed by atoms with Crippen LogP contribution in [0.4, 0.5) is 13.2 Å². The SMILES string of the molecule is COC1CCCN(C(CN)c2cccc(C(F)(F)F)c2)C1. The first kappa shape index (κ1) is 16.3. The van der Waals surface area contributed by atoms with Crippen molar-refractivity contribution in [2.45, 2.75) is 31.2 Å². The Labute approximate surface area is 122 Å². The van der Waals surface area contributed by atoms with Gasteiger partial charge in [0.05, 0.1) is 11.7 Å². The van der Waals surface area contributed by atoms with Crippen molar-refractivity contribution < 1.29 is 17.9 Å². The van der Waals surface area contributed by atoms with Gasteiger partial charge in [-0.2, -0.15) is 13.2 Å². The Hall–Kier alpha value is -1.11. The third-order valence-corrected chi connectivity index (χ3v) is 4.01. The first-order valence-electron chi connectivity index (χ1n) is 7.09. The first-order valence-corrected chi connectivity index (χ1v) is 7.09. The van der Waals surface area contributed by atoms with Crippen molar-refractivity contribution in [3.63, 3.8) is 0 Å². The minimum atomic E-state index is -4.33. The maximum Gasteiger partial charge on any atom is 0.416 e. The number of methoxy groups -OCH3 is 1. The predicted octanol–water partition coefficient (Wildman–Crippen LogP) is 2.82. The number of hydrogen-bond acceptors (Lipinski definition) is 3. The molecule has 2 rings (SSSR count). The van der Waals surface area contributed by atoms with Gasteiger partial charge >= 0.3 is 6.18 Å². The third kappa shape index (κ3) is 3.96. The van der Waals surface area contributed by atoms with Gasteiger partial charge in [-0.05, 0) is 37.1 Å². The lowest BCUT2D eigenvalue weighted by Crippen LogP contribution is -2.43. The van der Waals surface area contributed by atoms with Crippen molar-refractivity contribution in [2.24, 2.45) is 5.73 Å². The molecular weight excluding hydrogens is 281 g/mol. The summed E-state index contributed by atoms with van der Waals surface area (Å²) in [7, 11) is 1.66. The summed E-state index contributed by atoms with van der Waals surface area (Å²) in [4.78, 5) is 2.12. The number of nitrogens with zero attached hydrogens (tertiary/aromatic N) is 1. The molecule has 0 bridgehead atoms. The fraction of sp³-hybridized carbons (Fsp3) is 0.600. The van der Waals surface area contributed by atoms with Crippen LogP contribution in [-0.4, -0.2) is 37.7 Å². The number of rotatable bonds is 4. The van der Waals surface area contributed by atoms with Crippen LogP contribution in [0.5, 0.6) is 0 Å². The Bertz CT molecular complexity index is 464. The molecule has 0 aliphatic carbocycles. The number of ether oxygens (including phenoxy) is 1. The van der Waals surface area contributed by atoms with E-state index in [4.69, 9.17) is 10.5 Å². The average Bonchev–Trinajstić information content (AvgIpc) is 2.48. The molecule has 1 aliphatic heterocycles. The Morgan fingerprint density at radius 2 is 2.19 bits per heavy atom. The number of hydrogen-bond donors (Lipinski definition) is 1. The minimum absolute atomic E-state index is 0.124. The van der Waals surface area contributed by atoms with Gasteiger partial charge in [0, 0.05) is 26.2 Å². The molecule has 1 aliphatic rings. The van der Waals surface area contributed by atoms with E-state index in [-0.39, 0.29) is 18.7 Å². The maximum atomic E-state index is 12.8. The number of alkyl halides is 3. The van der Waals surface area contributed by atoms with Gasteiger partial charge in [-0.25, -0.2) is 0 Å². The zero-order chi connectivity index (χ0) is 15.5. The Morgan fingerprint density at radius 1 is 1.43 bits per heavy atom. The smallest absolute Gasteiger partial charge is 0.380 e. The summed E-state index contributed by atoms with van der Waals surface area (Å²) in [6.07, 6.45) is -2.26. The highest BCUT2D eigenvalue weighted by molar-refractivity contribution is 5.28. The van der Waals surface area contributed by atoms with Crippen molar-refractivity contribution in [1.82, 2.24) is 4.90 Å². The van der Waals surface area contributed by atoms with E-state index < -0.39 is 11.7 Å². The second-order valence-electron chi connectivity index (χ2n) is 5.37. The number of piperidine rings is 1. The van der Waals surface area contributed by atoms with E-state index in [1.54, 1.807) is 13.2 Å². The Kier molecular flexibility index (Phi) is 5.24. The molecule has 2 unspecified atom stereocenters. The zero-order valence-corrected chi connectivity index (χ0v) is 12.1. The number of halogens is 3. The molecule has 0 aromatic heterocycles. The molecule has 0 spiro atoms. The van der Waals surface area contributed by atoms with Gasteiger partial charge in [-0.3, -0.25) is 4.90 Å². The first-order chi connectivity index (χ1) is 9.95. The number of likely N-dealkylation sites (tertiary alicyclic amines) is 1. The fourth-order valence-corrected chi connectivity index (χ4v) is 2.86. The van der Waals surface area contributed by atoms with Crippen LogP contribution in [0.3, 0.4) is 0 Å². The largest absolute Gasteiger partial charge is 0.416 e.